The van der Waals surface area contributed by atoms with Gasteiger partial charge in [-0.05, 0) is 244 Å². The molecule has 0 radical (unpaired) electrons. The number of nitrogen functional groups attached to an aromatic ring is 3. The second-order valence-electron chi connectivity index (χ2n) is 27.4. The summed E-state index contributed by atoms with van der Waals surface area (Å²) in [6, 6.07) is 34.4. The zero-order chi connectivity index (χ0) is 82.3. The van der Waals surface area contributed by atoms with Gasteiger partial charge in [-0.25, -0.2) is 68.0 Å². The summed E-state index contributed by atoms with van der Waals surface area (Å²) in [5, 5.41) is 22.5. The molecule has 0 aliphatic heterocycles. The predicted molar refractivity (Wildman–Crippen MR) is 456 cm³/mol. The van der Waals surface area contributed by atoms with E-state index in [1.807, 2.05) is 84.3 Å². The minimum Gasteiger partial charge on any atom is -0.477 e. The quantitative estimate of drug-likeness (QED) is 0.0310. The van der Waals surface area contributed by atoms with Gasteiger partial charge in [0.2, 0.25) is 17.8 Å². The highest BCUT2D eigenvalue weighted by Crippen LogP contribution is 2.36. The van der Waals surface area contributed by atoms with Crippen molar-refractivity contribution in [2.45, 2.75) is 135 Å². The van der Waals surface area contributed by atoms with Gasteiger partial charge in [0, 0.05) is 36.7 Å². The Balaban J connectivity index is 0.000000189. The van der Waals surface area contributed by atoms with E-state index in [2.05, 4.69) is 137 Å². The Morgan fingerprint density at radius 3 is 1.33 bits per heavy atom. The molecule has 0 spiro atoms. The van der Waals surface area contributed by atoms with Crippen LogP contribution in [0.25, 0.3) is 56.4 Å². The van der Waals surface area contributed by atoms with E-state index < -0.39 is 17.7 Å². The Morgan fingerprint density at radius 2 is 0.921 bits per heavy atom. The van der Waals surface area contributed by atoms with Crippen LogP contribution in [0.2, 0.25) is 0 Å². The number of halogens is 3. The minimum absolute atomic E-state index is 0. The van der Waals surface area contributed by atoms with Crippen molar-refractivity contribution in [2.75, 3.05) is 45.6 Å². The lowest BCUT2D eigenvalue weighted by Gasteiger charge is -2.20. The van der Waals surface area contributed by atoms with Crippen molar-refractivity contribution in [3.8, 4) is 56.4 Å². The number of carbonyl (C=O) groups excluding carboxylic acids is 3. The standard InChI is InChI=1S/C29H28FN7OS.C17H19FN2O2.C17H19N5O2S.C11H15N5.C7H7BrO2S.CH4/c1-16(2)37-18(4)33-15-25(37)23-11-12-32-29(35-23)36-28-17(3)13-26(39-28)27(38)34-24-14-20(7-10-22(24)31)19-5-8-21(30)9-6-19;1-17(2,3)22-16(21)20-15-9-6-12(10-14(15)19)11-4-7-13(18)8-5-11;1-9(2)22-11(4)19-8-13(22)12-5-6-18-17(20-12)21-15-10(3)7-14(25-15)16(23)24;1-7(2)16-8(3)14-6-10(16)9-4-5-13-11(12)15-9;1-4-3-5(7(9)10-2)11-6(4)8;/h5-16H,31H2,1-4H3,(H,34,38)(H,32,35,36);4-10H,19H2,1-3H3,(H,20,21);5-9H,1-4H3,(H,23,24)(H,18,20,21);4-7H,1-3H3,(H2,12,13,15);3H,1-2H3;1H4. The molecule has 114 heavy (non-hydrogen) atoms. The largest absolute Gasteiger partial charge is 0.477 e. The lowest BCUT2D eigenvalue weighted by atomic mass is 10.0. The summed E-state index contributed by atoms with van der Waals surface area (Å²) in [5.74, 6) is 1.85. The van der Waals surface area contributed by atoms with Gasteiger partial charge in [0.25, 0.3) is 5.91 Å². The van der Waals surface area contributed by atoms with E-state index in [0.717, 1.165) is 104 Å². The van der Waals surface area contributed by atoms with Crippen molar-refractivity contribution in [3.05, 3.63) is 223 Å². The molecule has 9 heterocycles. The lowest BCUT2D eigenvalue weighted by Crippen LogP contribution is -2.27. The average Bonchev–Trinajstić information content (AvgIpc) is 1.65. The molecule has 0 unspecified atom stereocenters. The molecule has 596 valence electrons. The van der Waals surface area contributed by atoms with Gasteiger partial charge >= 0.3 is 18.0 Å². The van der Waals surface area contributed by atoms with E-state index in [1.54, 1.807) is 112 Å². The van der Waals surface area contributed by atoms with Gasteiger partial charge in [-0.3, -0.25) is 10.1 Å². The maximum Gasteiger partial charge on any atom is 0.412 e. The minimum atomic E-state index is -0.938. The van der Waals surface area contributed by atoms with Crippen LogP contribution >= 0.6 is 49.9 Å². The molecule has 13 aromatic rings. The lowest BCUT2D eigenvalue weighted by molar-refractivity contribution is 0.0602. The van der Waals surface area contributed by atoms with E-state index >= 15 is 0 Å². The van der Waals surface area contributed by atoms with Gasteiger partial charge in [0.05, 0.1) is 101 Å². The van der Waals surface area contributed by atoms with Gasteiger partial charge < -0.3 is 61.4 Å². The number of aromatic nitrogens is 12. The number of hydrogen-bond donors (Lipinski definition) is 8. The fourth-order valence-electron chi connectivity index (χ4n) is 11.4. The van der Waals surface area contributed by atoms with E-state index in [1.165, 1.54) is 65.4 Å². The van der Waals surface area contributed by atoms with Crippen molar-refractivity contribution in [2.24, 2.45) is 0 Å². The zero-order valence-corrected chi connectivity index (χ0v) is 69.1. The highest BCUT2D eigenvalue weighted by atomic mass is 79.9. The van der Waals surface area contributed by atoms with Gasteiger partial charge in [-0.1, -0.05) is 43.8 Å². The number of carboxylic acid groups (broad SMARTS) is 1. The number of ether oxygens (including phenoxy) is 2. The SMILES string of the molecule is C.CC(C)(C)OC(=O)Nc1ccc(-c2ccc(F)cc2)cc1N.COC(=O)c1cc(C)c(Br)s1.Cc1cc(C(=O)Nc2cc(-c3ccc(F)cc3)ccc2N)sc1Nc1nccc(-c2cnc(C)n2C(C)C)n1.Cc1cc(C(=O)O)sc1Nc1nccc(-c2cnc(C)n2C(C)C)n1.Cc1ncc(-c2ccnc(N)n2)n1C(C)C. The Labute approximate surface area is 681 Å². The third kappa shape index (κ3) is 23.0. The first-order valence-corrected chi connectivity index (χ1v) is 38.6. The average molecular weight is 1670 g/mol. The normalized spacial score (nSPS) is 10.9. The summed E-state index contributed by atoms with van der Waals surface area (Å²) in [5.41, 5.74) is 30.1. The second kappa shape index (κ2) is 38.9. The fourth-order valence-corrected chi connectivity index (χ4v) is 14.7. The van der Waals surface area contributed by atoms with Crippen LogP contribution in [0.3, 0.4) is 0 Å². The monoisotopic (exact) mass is 1670 g/mol. The van der Waals surface area contributed by atoms with Crippen molar-refractivity contribution in [1.82, 2.24) is 58.6 Å². The van der Waals surface area contributed by atoms with Crippen molar-refractivity contribution in [3.63, 3.8) is 0 Å². The number of carbonyl (C=O) groups is 4. The van der Waals surface area contributed by atoms with Crippen LogP contribution in [0, 0.1) is 53.2 Å². The Bertz CT molecular complexity index is 5490. The Morgan fingerprint density at radius 1 is 0.500 bits per heavy atom. The number of esters is 1. The topological polar surface area (TPSA) is 364 Å². The zero-order valence-electron chi connectivity index (χ0n) is 65.1. The van der Waals surface area contributed by atoms with Crippen molar-refractivity contribution in [1.29, 1.82) is 0 Å². The first-order valence-electron chi connectivity index (χ1n) is 35.4. The van der Waals surface area contributed by atoms with E-state index in [4.69, 9.17) is 32.0 Å². The third-order valence-electron chi connectivity index (χ3n) is 16.6. The number of aryl methyl sites for hydroxylation is 6. The molecule has 0 atom stereocenters. The highest BCUT2D eigenvalue weighted by Gasteiger charge is 2.22. The molecule has 11 N–H and O–H groups in total. The van der Waals surface area contributed by atoms with Gasteiger partial charge in [0.15, 0.2) is 0 Å². The smallest absolute Gasteiger partial charge is 0.412 e. The van der Waals surface area contributed by atoms with Crippen LogP contribution in [0.4, 0.5) is 64.2 Å². The molecular weight excluding hydrogens is 1580 g/mol. The van der Waals surface area contributed by atoms with Crippen LogP contribution in [-0.4, -0.2) is 100 Å². The molecule has 0 aliphatic carbocycles. The number of methoxy groups -OCH3 is 1. The highest BCUT2D eigenvalue weighted by molar-refractivity contribution is 9.11. The van der Waals surface area contributed by atoms with E-state index in [0.29, 0.717) is 50.4 Å². The maximum absolute atomic E-state index is 13.3. The number of aromatic carboxylic acids is 1. The molecule has 0 fully saturated rings. The van der Waals surface area contributed by atoms with Crippen molar-refractivity contribution >= 4 is 124 Å². The van der Waals surface area contributed by atoms with Crippen molar-refractivity contribution < 1.29 is 42.5 Å². The Kier molecular flexibility index (Phi) is 29.8. The number of nitrogens with one attached hydrogen (secondary N) is 4. The van der Waals surface area contributed by atoms with Gasteiger partial charge in [-0.15, -0.1) is 34.0 Å². The molecule has 2 amide bonds. The molecule has 26 nitrogen and oxygen atoms in total. The summed E-state index contributed by atoms with van der Waals surface area (Å²) in [6.07, 6.45) is 9.91. The molecule has 0 saturated heterocycles. The van der Waals surface area contributed by atoms with E-state index in [-0.39, 0.29) is 53.8 Å². The van der Waals surface area contributed by atoms with Crippen LogP contribution in [0.1, 0.15) is 151 Å². The van der Waals surface area contributed by atoms with Crippen LogP contribution < -0.4 is 38.5 Å². The second-order valence-corrected chi connectivity index (χ2v) is 31.8. The number of nitrogens with zero attached hydrogens (tertiary/aromatic N) is 12. The number of benzene rings is 4. The third-order valence-corrected chi connectivity index (χ3v) is 21.0. The van der Waals surface area contributed by atoms with E-state index in [9.17, 15) is 28.0 Å². The molecule has 0 bridgehead atoms. The number of hydrogen-bond acceptors (Lipinski definition) is 23. The molecule has 9 aromatic heterocycles. The number of imidazole rings is 3. The number of amides is 2. The molecule has 0 saturated carbocycles. The number of rotatable bonds is 17. The number of thiophene rings is 3. The van der Waals surface area contributed by atoms with Crippen LogP contribution in [0.15, 0.2) is 162 Å². The maximum atomic E-state index is 13.3. The van der Waals surface area contributed by atoms with Gasteiger partial charge in [-0.2, -0.15) is 0 Å². The van der Waals surface area contributed by atoms with Crippen LogP contribution in [0.5, 0.6) is 0 Å². The Hall–Kier alpha value is -12.1. The summed E-state index contributed by atoms with van der Waals surface area (Å²) in [6.45, 7) is 29.6. The molecular formula is C82H92BrF2N19O7S3. The number of anilines is 9. The fraction of sp³-hybridized carbons (Fsp3) is 0.256. The van der Waals surface area contributed by atoms with Gasteiger partial charge in [0.1, 0.15) is 44.5 Å². The number of carboxylic acids is 1. The molecule has 0 aliphatic rings. The molecule has 32 heteroatoms. The number of nitrogens with two attached hydrogens (primary N) is 3. The summed E-state index contributed by atoms with van der Waals surface area (Å²) >= 11 is 7.18. The first kappa shape index (κ1) is 87.4. The summed E-state index contributed by atoms with van der Waals surface area (Å²) in [4.78, 5) is 87.5. The predicted octanol–water partition coefficient (Wildman–Crippen LogP) is 20.5. The molecule has 4 aromatic carbocycles. The summed E-state index contributed by atoms with van der Waals surface area (Å²) < 4.78 is 43.4. The molecule has 13 rings (SSSR count). The summed E-state index contributed by atoms with van der Waals surface area (Å²) in [7, 11) is 1.38. The van der Waals surface area contributed by atoms with Crippen LogP contribution in [-0.2, 0) is 9.47 Å². The first-order chi connectivity index (χ1) is 53.5.